The van der Waals surface area contributed by atoms with Gasteiger partial charge in [0.1, 0.15) is 0 Å². The normalized spacial score (nSPS) is 17.1. The van der Waals surface area contributed by atoms with Crippen LogP contribution < -0.4 is 5.32 Å². The number of alkyl halides is 1. The van der Waals surface area contributed by atoms with Crippen LogP contribution in [0.2, 0.25) is 0 Å². The second kappa shape index (κ2) is 4.92. The van der Waals surface area contributed by atoms with Crippen molar-refractivity contribution in [2.75, 3.05) is 11.9 Å². The highest BCUT2D eigenvalue weighted by molar-refractivity contribution is 9.10. The molecule has 0 atom stereocenters. The highest BCUT2D eigenvalue weighted by Crippen LogP contribution is 2.48. The van der Waals surface area contributed by atoms with Gasteiger partial charge in [-0.15, -0.1) is 0 Å². The number of hydrogen-bond donors (Lipinski definition) is 1. The van der Waals surface area contributed by atoms with E-state index in [1.807, 2.05) is 0 Å². The summed E-state index contributed by atoms with van der Waals surface area (Å²) in [7, 11) is 0. The largest absolute Gasteiger partial charge is 0.457 e. The van der Waals surface area contributed by atoms with E-state index in [4.69, 9.17) is 4.42 Å². The smallest absolute Gasteiger partial charge is 0.255 e. The lowest BCUT2D eigenvalue weighted by Crippen LogP contribution is -2.30. The lowest BCUT2D eigenvalue weighted by atomic mass is 10.0. The number of furan rings is 1. The molecule has 0 radical (unpaired) electrons. The van der Waals surface area contributed by atoms with Crippen LogP contribution >= 0.6 is 31.9 Å². The van der Waals surface area contributed by atoms with Gasteiger partial charge < -0.3 is 9.73 Å². The summed E-state index contributed by atoms with van der Waals surface area (Å²) in [5, 5.41) is 3.96. The van der Waals surface area contributed by atoms with E-state index in [0.717, 1.165) is 18.3 Å². The van der Waals surface area contributed by atoms with E-state index < -0.39 is 0 Å². The molecule has 1 aliphatic rings. The Labute approximate surface area is 111 Å². The Morgan fingerprint density at radius 2 is 2.31 bits per heavy atom. The van der Waals surface area contributed by atoms with E-state index in [-0.39, 0.29) is 5.91 Å². The molecule has 0 aliphatic heterocycles. The highest BCUT2D eigenvalue weighted by Gasteiger charge is 2.41. The first-order valence-electron chi connectivity index (χ1n) is 5.24. The van der Waals surface area contributed by atoms with Crippen LogP contribution in [0.4, 0.5) is 0 Å². The second-order valence-corrected chi connectivity index (χ2v) is 5.74. The van der Waals surface area contributed by atoms with Crippen LogP contribution in [0.5, 0.6) is 0 Å². The standard InChI is InChI=1S/C11H13Br2NO2/c12-5-4-11(2-3-11)7-14-10(15)8-1-6-16-9(8)13/h1,6H,2-5,7H2,(H,14,15). The van der Waals surface area contributed by atoms with Gasteiger partial charge in [-0.05, 0) is 46.7 Å². The van der Waals surface area contributed by atoms with Crippen molar-refractivity contribution in [3.05, 3.63) is 22.6 Å². The zero-order valence-electron chi connectivity index (χ0n) is 8.76. The number of carbonyl (C=O) groups excluding carboxylic acids is 1. The van der Waals surface area contributed by atoms with Crippen LogP contribution in [0.3, 0.4) is 0 Å². The fourth-order valence-electron chi connectivity index (χ4n) is 1.71. The molecule has 1 heterocycles. The summed E-state index contributed by atoms with van der Waals surface area (Å²) < 4.78 is 5.52. The van der Waals surface area contributed by atoms with Crippen LogP contribution in [0.1, 0.15) is 29.6 Å². The molecule has 0 unspecified atom stereocenters. The zero-order valence-corrected chi connectivity index (χ0v) is 11.9. The molecule has 2 rings (SSSR count). The average molecular weight is 351 g/mol. The molecule has 1 aromatic rings. The van der Waals surface area contributed by atoms with Crippen LogP contribution in [0, 0.1) is 5.41 Å². The van der Waals surface area contributed by atoms with Crippen molar-refractivity contribution in [3.8, 4) is 0 Å². The lowest BCUT2D eigenvalue weighted by Gasteiger charge is -2.13. The molecule has 0 aromatic carbocycles. The van der Waals surface area contributed by atoms with E-state index in [1.165, 1.54) is 19.1 Å². The van der Waals surface area contributed by atoms with Gasteiger partial charge in [0, 0.05) is 11.9 Å². The molecular formula is C11H13Br2NO2. The van der Waals surface area contributed by atoms with Crippen molar-refractivity contribution < 1.29 is 9.21 Å². The lowest BCUT2D eigenvalue weighted by molar-refractivity contribution is 0.0942. The van der Waals surface area contributed by atoms with Crippen molar-refractivity contribution in [2.45, 2.75) is 19.3 Å². The summed E-state index contributed by atoms with van der Waals surface area (Å²) in [6.45, 7) is 0.759. The summed E-state index contributed by atoms with van der Waals surface area (Å²) in [6.07, 6.45) is 5.06. The number of hydrogen-bond acceptors (Lipinski definition) is 2. The van der Waals surface area contributed by atoms with Gasteiger partial charge in [0.05, 0.1) is 11.8 Å². The first-order chi connectivity index (χ1) is 7.67. The maximum Gasteiger partial charge on any atom is 0.255 e. The minimum atomic E-state index is -0.0681. The van der Waals surface area contributed by atoms with Crippen LogP contribution in [-0.4, -0.2) is 17.8 Å². The number of nitrogens with one attached hydrogen (secondary N) is 1. The van der Waals surface area contributed by atoms with Gasteiger partial charge >= 0.3 is 0 Å². The summed E-state index contributed by atoms with van der Waals surface area (Å²) in [5.41, 5.74) is 0.907. The Bertz CT molecular complexity index is 385. The molecule has 1 saturated carbocycles. The third-order valence-electron chi connectivity index (χ3n) is 3.07. The molecule has 1 N–H and O–H groups in total. The van der Waals surface area contributed by atoms with E-state index in [2.05, 4.69) is 37.2 Å². The minimum absolute atomic E-state index is 0.0681. The van der Waals surface area contributed by atoms with Gasteiger partial charge in [-0.1, -0.05) is 15.9 Å². The maximum absolute atomic E-state index is 11.8. The molecule has 1 amide bonds. The number of carbonyl (C=O) groups is 1. The van der Waals surface area contributed by atoms with E-state index >= 15 is 0 Å². The van der Waals surface area contributed by atoms with Crippen LogP contribution in [0.25, 0.3) is 0 Å². The summed E-state index contributed by atoms with van der Waals surface area (Å²) in [6, 6.07) is 1.67. The molecule has 16 heavy (non-hydrogen) atoms. The molecule has 3 nitrogen and oxygen atoms in total. The monoisotopic (exact) mass is 349 g/mol. The third kappa shape index (κ3) is 2.69. The number of halogens is 2. The van der Waals surface area contributed by atoms with Gasteiger partial charge in [0.2, 0.25) is 0 Å². The summed E-state index contributed by atoms with van der Waals surface area (Å²) >= 11 is 6.65. The molecule has 1 fully saturated rings. The fourth-order valence-corrected chi connectivity index (χ4v) is 2.97. The van der Waals surface area contributed by atoms with Gasteiger partial charge in [0.15, 0.2) is 4.67 Å². The molecule has 1 aromatic heterocycles. The zero-order chi connectivity index (χ0) is 11.6. The van der Waals surface area contributed by atoms with Gasteiger partial charge in [0.25, 0.3) is 5.91 Å². The van der Waals surface area contributed by atoms with Gasteiger partial charge in [-0.3, -0.25) is 4.79 Å². The van der Waals surface area contributed by atoms with Crippen molar-refractivity contribution in [1.29, 1.82) is 0 Å². The van der Waals surface area contributed by atoms with Crippen molar-refractivity contribution in [2.24, 2.45) is 5.41 Å². The predicted octanol–water partition coefficient (Wildman–Crippen LogP) is 3.34. The van der Waals surface area contributed by atoms with E-state index in [0.29, 0.717) is 15.6 Å². The number of amides is 1. The van der Waals surface area contributed by atoms with Crippen molar-refractivity contribution >= 4 is 37.8 Å². The molecule has 1 aliphatic carbocycles. The van der Waals surface area contributed by atoms with Gasteiger partial charge in [-0.25, -0.2) is 0 Å². The van der Waals surface area contributed by atoms with Gasteiger partial charge in [-0.2, -0.15) is 0 Å². The Kier molecular flexibility index (Phi) is 3.74. The van der Waals surface area contributed by atoms with E-state index in [1.54, 1.807) is 6.07 Å². The Morgan fingerprint density at radius 1 is 1.56 bits per heavy atom. The minimum Gasteiger partial charge on any atom is -0.457 e. The van der Waals surface area contributed by atoms with Crippen molar-refractivity contribution in [3.63, 3.8) is 0 Å². The molecule has 5 heteroatoms. The Hall–Kier alpha value is -0.290. The molecular weight excluding hydrogens is 338 g/mol. The van der Waals surface area contributed by atoms with E-state index in [9.17, 15) is 4.79 Å². The van der Waals surface area contributed by atoms with Crippen molar-refractivity contribution in [1.82, 2.24) is 5.32 Å². The number of rotatable bonds is 5. The second-order valence-electron chi connectivity index (χ2n) is 4.23. The highest BCUT2D eigenvalue weighted by atomic mass is 79.9. The summed E-state index contributed by atoms with van der Waals surface area (Å²) in [5.74, 6) is -0.0681. The topological polar surface area (TPSA) is 42.2 Å². The first-order valence-corrected chi connectivity index (χ1v) is 7.15. The molecule has 0 bridgehead atoms. The average Bonchev–Trinajstić information content (AvgIpc) is 2.89. The Balaban J connectivity index is 1.87. The molecule has 88 valence electrons. The third-order valence-corrected chi connectivity index (χ3v) is 4.08. The predicted molar refractivity (Wildman–Crippen MR) is 68.8 cm³/mol. The first kappa shape index (κ1) is 12.2. The SMILES string of the molecule is O=C(NCC1(CCBr)CC1)c1ccoc1Br. The summed E-state index contributed by atoms with van der Waals surface area (Å²) in [4.78, 5) is 11.8. The molecule has 0 spiro atoms. The van der Waals surface area contributed by atoms with Crippen LogP contribution in [0.15, 0.2) is 21.4 Å². The fraction of sp³-hybridized carbons (Fsp3) is 0.545. The quantitative estimate of drug-likeness (QED) is 0.827. The van der Waals surface area contributed by atoms with Crippen LogP contribution in [-0.2, 0) is 0 Å². The molecule has 0 saturated heterocycles. The Morgan fingerprint density at radius 3 is 2.81 bits per heavy atom. The maximum atomic E-state index is 11.8.